The molecule has 0 aliphatic carbocycles. The van der Waals surface area contributed by atoms with Crippen LogP contribution in [-0.4, -0.2) is 18.0 Å². The largest absolute Gasteiger partial charge is 0.488 e. The number of hydrogen-bond acceptors (Lipinski definition) is 4. The molecule has 0 unspecified atom stereocenters. The fourth-order valence-corrected chi connectivity index (χ4v) is 2.93. The van der Waals surface area contributed by atoms with Gasteiger partial charge in [-0.3, -0.25) is 9.59 Å². The molecule has 3 rings (SSSR count). The lowest BCUT2D eigenvalue weighted by Gasteiger charge is -2.09. The van der Waals surface area contributed by atoms with E-state index < -0.39 is 0 Å². The summed E-state index contributed by atoms with van der Waals surface area (Å²) in [4.78, 5) is 23.9. The zero-order valence-electron chi connectivity index (χ0n) is 16.8. The molecule has 3 aromatic rings. The molecule has 0 aromatic heterocycles. The number of nitrogens with zero attached hydrogens (tertiary/aromatic N) is 1. The summed E-state index contributed by atoms with van der Waals surface area (Å²) >= 11 is 3.41. The zero-order valence-corrected chi connectivity index (χ0v) is 18.3. The molecule has 31 heavy (non-hydrogen) atoms. The molecule has 0 bridgehead atoms. The number of rotatable bonds is 9. The fraction of sp³-hybridized carbons (Fsp3) is 0.125. The summed E-state index contributed by atoms with van der Waals surface area (Å²) in [5.41, 5.74) is 4.92. The molecule has 7 heteroatoms. The number of nitrogens with one attached hydrogen (secondary N) is 2. The van der Waals surface area contributed by atoms with Gasteiger partial charge in [-0.05, 0) is 42.0 Å². The van der Waals surface area contributed by atoms with Crippen LogP contribution in [0.3, 0.4) is 0 Å². The van der Waals surface area contributed by atoms with Gasteiger partial charge < -0.3 is 10.1 Å². The number of carbonyl (C=O) groups excluding carboxylic acids is 2. The molecular weight excluding hydrogens is 458 g/mol. The molecule has 3 aromatic carbocycles. The summed E-state index contributed by atoms with van der Waals surface area (Å²) in [6, 6.07) is 24.4. The number of para-hydroxylation sites is 2. The van der Waals surface area contributed by atoms with Crippen molar-refractivity contribution in [3.05, 3.63) is 94.5 Å². The van der Waals surface area contributed by atoms with Crippen LogP contribution in [0.1, 0.15) is 24.0 Å². The van der Waals surface area contributed by atoms with E-state index in [1.54, 1.807) is 12.1 Å². The minimum atomic E-state index is -0.340. The predicted octanol–water partition coefficient (Wildman–Crippen LogP) is 4.90. The third kappa shape index (κ3) is 7.71. The van der Waals surface area contributed by atoms with E-state index in [0.717, 1.165) is 15.6 Å². The molecule has 158 valence electrons. The van der Waals surface area contributed by atoms with Crippen molar-refractivity contribution >= 4 is 39.6 Å². The molecule has 0 saturated carbocycles. The van der Waals surface area contributed by atoms with Gasteiger partial charge in [-0.2, -0.15) is 5.10 Å². The molecule has 0 spiro atoms. The number of hydrogen-bond donors (Lipinski definition) is 2. The Labute approximate surface area is 189 Å². The van der Waals surface area contributed by atoms with E-state index in [9.17, 15) is 9.59 Å². The number of amides is 2. The standard InChI is InChI=1S/C24H22BrN3O3/c25-20-12-10-18(11-13-20)17-31-22-9-5-4-6-19(22)16-26-28-24(30)15-14-23(29)27-21-7-2-1-3-8-21/h1-13,16H,14-15,17H2,(H,27,29)(H,28,30)/b26-16+. The summed E-state index contributed by atoms with van der Waals surface area (Å²) in [7, 11) is 0. The minimum absolute atomic E-state index is 0.0394. The van der Waals surface area contributed by atoms with E-state index in [1.807, 2.05) is 66.7 Å². The Bertz CT molecular complexity index is 1040. The van der Waals surface area contributed by atoms with Crippen LogP contribution >= 0.6 is 15.9 Å². The second-order valence-electron chi connectivity index (χ2n) is 6.66. The lowest BCUT2D eigenvalue weighted by Crippen LogP contribution is -2.20. The minimum Gasteiger partial charge on any atom is -0.488 e. The first-order chi connectivity index (χ1) is 15.1. The summed E-state index contributed by atoms with van der Waals surface area (Å²) in [6.07, 6.45) is 1.64. The van der Waals surface area contributed by atoms with Gasteiger partial charge in [-0.1, -0.05) is 58.4 Å². The van der Waals surface area contributed by atoms with Gasteiger partial charge in [-0.15, -0.1) is 0 Å². The number of halogens is 1. The normalized spacial score (nSPS) is 10.6. The Morgan fingerprint density at radius 2 is 1.55 bits per heavy atom. The number of benzene rings is 3. The van der Waals surface area contributed by atoms with Crippen LogP contribution in [0.15, 0.2) is 88.4 Å². The highest BCUT2D eigenvalue weighted by Gasteiger charge is 2.07. The molecule has 6 nitrogen and oxygen atoms in total. The lowest BCUT2D eigenvalue weighted by atomic mass is 10.2. The van der Waals surface area contributed by atoms with Gasteiger partial charge in [0, 0.05) is 28.6 Å². The van der Waals surface area contributed by atoms with Crippen LogP contribution in [0, 0.1) is 0 Å². The Kier molecular flexibility index (Phi) is 8.37. The molecule has 2 N–H and O–H groups in total. The molecule has 0 heterocycles. The Hall–Kier alpha value is -3.45. The van der Waals surface area contributed by atoms with E-state index in [2.05, 4.69) is 31.8 Å². The van der Waals surface area contributed by atoms with Crippen molar-refractivity contribution in [2.45, 2.75) is 19.4 Å². The van der Waals surface area contributed by atoms with Crippen LogP contribution in [-0.2, 0) is 16.2 Å². The number of ether oxygens (including phenoxy) is 1. The summed E-state index contributed by atoms with van der Waals surface area (Å²) in [5.74, 6) is 0.0930. The SMILES string of the molecule is O=C(CCC(=O)Nc1ccccc1)N/N=C/c1ccccc1OCc1ccc(Br)cc1. The average molecular weight is 480 g/mol. The summed E-state index contributed by atoms with van der Waals surface area (Å²) in [5, 5.41) is 6.73. The molecule has 2 amide bonds. The van der Waals surface area contributed by atoms with Gasteiger partial charge in [0.25, 0.3) is 0 Å². The second kappa shape index (κ2) is 11.7. The summed E-state index contributed by atoms with van der Waals surface area (Å²) in [6.45, 7) is 0.418. The zero-order chi connectivity index (χ0) is 21.9. The molecule has 0 aliphatic heterocycles. The number of carbonyl (C=O) groups is 2. The first kappa shape index (κ1) is 22.2. The van der Waals surface area contributed by atoms with Crippen molar-refractivity contribution in [1.82, 2.24) is 5.43 Å². The topological polar surface area (TPSA) is 79.8 Å². The van der Waals surface area contributed by atoms with E-state index >= 15 is 0 Å². The van der Waals surface area contributed by atoms with Crippen LogP contribution < -0.4 is 15.5 Å². The Morgan fingerprint density at radius 3 is 2.32 bits per heavy atom. The van der Waals surface area contributed by atoms with Crippen LogP contribution in [0.5, 0.6) is 5.75 Å². The van der Waals surface area contributed by atoms with Gasteiger partial charge in [0.2, 0.25) is 11.8 Å². The third-order valence-electron chi connectivity index (χ3n) is 4.26. The summed E-state index contributed by atoms with van der Waals surface area (Å²) < 4.78 is 6.90. The molecular formula is C24H22BrN3O3. The second-order valence-corrected chi connectivity index (χ2v) is 7.58. The lowest BCUT2D eigenvalue weighted by molar-refractivity contribution is -0.124. The van der Waals surface area contributed by atoms with Gasteiger partial charge in [-0.25, -0.2) is 5.43 Å². The van der Waals surface area contributed by atoms with Crippen molar-refractivity contribution in [1.29, 1.82) is 0 Å². The van der Waals surface area contributed by atoms with Crippen molar-refractivity contribution in [2.75, 3.05) is 5.32 Å². The van der Waals surface area contributed by atoms with Gasteiger partial charge >= 0.3 is 0 Å². The Morgan fingerprint density at radius 1 is 0.871 bits per heavy atom. The smallest absolute Gasteiger partial charge is 0.240 e. The molecule has 0 aliphatic rings. The highest BCUT2D eigenvalue weighted by molar-refractivity contribution is 9.10. The molecule has 0 fully saturated rings. The van der Waals surface area contributed by atoms with E-state index in [4.69, 9.17) is 4.74 Å². The first-order valence-electron chi connectivity index (χ1n) is 9.73. The fourth-order valence-electron chi connectivity index (χ4n) is 2.66. The van der Waals surface area contributed by atoms with Crippen molar-refractivity contribution in [3.8, 4) is 5.75 Å². The van der Waals surface area contributed by atoms with Crippen molar-refractivity contribution in [3.63, 3.8) is 0 Å². The molecule has 0 atom stereocenters. The molecule has 0 saturated heterocycles. The maximum atomic E-state index is 12.0. The number of hydrazone groups is 1. The van der Waals surface area contributed by atoms with Crippen molar-refractivity contribution in [2.24, 2.45) is 5.10 Å². The average Bonchev–Trinajstić information content (AvgIpc) is 2.79. The van der Waals surface area contributed by atoms with Crippen LogP contribution in [0.25, 0.3) is 0 Å². The van der Waals surface area contributed by atoms with Gasteiger partial charge in [0.15, 0.2) is 0 Å². The predicted molar refractivity (Wildman–Crippen MR) is 125 cm³/mol. The maximum Gasteiger partial charge on any atom is 0.240 e. The maximum absolute atomic E-state index is 12.0. The number of anilines is 1. The first-order valence-corrected chi connectivity index (χ1v) is 10.5. The van der Waals surface area contributed by atoms with Crippen LogP contribution in [0.2, 0.25) is 0 Å². The quantitative estimate of drug-likeness (QED) is 0.338. The third-order valence-corrected chi connectivity index (χ3v) is 4.78. The van der Waals surface area contributed by atoms with Gasteiger partial charge in [0.05, 0.1) is 6.21 Å². The Balaban J connectivity index is 1.46. The molecule has 0 radical (unpaired) electrons. The van der Waals surface area contributed by atoms with E-state index in [0.29, 0.717) is 18.0 Å². The monoisotopic (exact) mass is 479 g/mol. The highest BCUT2D eigenvalue weighted by Crippen LogP contribution is 2.18. The van der Waals surface area contributed by atoms with Crippen molar-refractivity contribution < 1.29 is 14.3 Å². The van der Waals surface area contributed by atoms with Crippen LogP contribution in [0.4, 0.5) is 5.69 Å². The van der Waals surface area contributed by atoms with E-state index in [1.165, 1.54) is 6.21 Å². The van der Waals surface area contributed by atoms with Gasteiger partial charge in [0.1, 0.15) is 12.4 Å². The van der Waals surface area contributed by atoms with E-state index in [-0.39, 0.29) is 24.7 Å². The highest BCUT2D eigenvalue weighted by atomic mass is 79.9.